The Morgan fingerprint density at radius 2 is 1.59 bits per heavy atom. The molecule has 3 aliphatic rings. The molecule has 2 aromatic carbocycles. The molecule has 8 N–H and O–H groups in total. The summed E-state index contributed by atoms with van der Waals surface area (Å²) in [5.41, 5.74) is 0.529. The third kappa shape index (κ3) is 5.70. The van der Waals surface area contributed by atoms with Gasteiger partial charge in [-0.25, -0.2) is 0 Å². The molecule has 0 amide bonds. The zero-order chi connectivity index (χ0) is 29.6. The highest BCUT2D eigenvalue weighted by Crippen LogP contribution is 2.43. The number of fused-ring (bicyclic) bond motifs is 1. The van der Waals surface area contributed by atoms with Gasteiger partial charge in [-0.2, -0.15) is 0 Å². The van der Waals surface area contributed by atoms with Crippen molar-refractivity contribution in [1.29, 1.82) is 0 Å². The van der Waals surface area contributed by atoms with Crippen molar-refractivity contribution in [2.75, 3.05) is 6.61 Å². The molecule has 0 radical (unpaired) electrons. The lowest BCUT2D eigenvalue weighted by Gasteiger charge is -2.45. The van der Waals surface area contributed by atoms with Crippen LogP contribution < -0.4 is 9.47 Å². The number of carbonyl (C=O) groups excluding carboxylic acids is 1. The second-order valence-corrected chi connectivity index (χ2v) is 10.2. The van der Waals surface area contributed by atoms with Crippen molar-refractivity contribution in [2.24, 2.45) is 0 Å². The summed E-state index contributed by atoms with van der Waals surface area (Å²) in [6.07, 6.45) is -16.0. The predicted molar refractivity (Wildman–Crippen MR) is 134 cm³/mol. The lowest BCUT2D eigenvalue weighted by molar-refractivity contribution is -0.354. The van der Waals surface area contributed by atoms with Gasteiger partial charge in [-0.15, -0.1) is 0 Å². The van der Waals surface area contributed by atoms with E-state index in [1.807, 2.05) is 0 Å². The molecule has 0 spiro atoms. The van der Waals surface area contributed by atoms with Crippen molar-refractivity contribution >= 4 is 5.78 Å². The molecule has 2 fully saturated rings. The highest BCUT2D eigenvalue weighted by molar-refractivity contribution is 6.02. The molecule has 0 bridgehead atoms. The minimum atomic E-state index is -1.75. The van der Waals surface area contributed by atoms with Crippen LogP contribution in [0.1, 0.15) is 35.4 Å². The Kier molecular flexibility index (Phi) is 8.39. The van der Waals surface area contributed by atoms with Gasteiger partial charge in [-0.05, 0) is 24.6 Å². The summed E-state index contributed by atoms with van der Waals surface area (Å²) < 4.78 is 28.6. The van der Waals surface area contributed by atoms with E-state index in [1.54, 1.807) is 12.1 Å². The maximum Gasteiger partial charge on any atom is 0.229 e. The van der Waals surface area contributed by atoms with Crippen molar-refractivity contribution < 1.29 is 69.3 Å². The van der Waals surface area contributed by atoms with Crippen molar-refractivity contribution in [3.05, 3.63) is 47.5 Å². The largest absolute Gasteiger partial charge is 0.508 e. The van der Waals surface area contributed by atoms with Crippen molar-refractivity contribution in [2.45, 2.75) is 80.9 Å². The molecule has 3 heterocycles. The van der Waals surface area contributed by atoms with E-state index in [4.69, 9.17) is 23.7 Å². The van der Waals surface area contributed by atoms with Gasteiger partial charge in [0.15, 0.2) is 18.2 Å². The van der Waals surface area contributed by atoms with E-state index < -0.39 is 85.7 Å². The standard InChI is InChI=1S/C27H32O14/c1-10-20(32)22(34)24(36)26(37-10)41-25-23(35)21(33)18(9-28)40-27(25)38-13-6-14(30)19-15(31)8-16(39-17(19)7-13)11-2-4-12(29)5-3-11/h2-7,10,16,18,20-30,32-36H,8-9H2,1H3/t10-,16-,18-,20-,21+,22-,23-,24+,25+,26+,27+/m0/s1. The summed E-state index contributed by atoms with van der Waals surface area (Å²) in [5.74, 6) is -0.947. The van der Waals surface area contributed by atoms with E-state index in [0.717, 1.165) is 6.07 Å². The lowest BCUT2D eigenvalue weighted by atomic mass is 9.95. The van der Waals surface area contributed by atoms with Crippen LogP contribution in [-0.2, 0) is 14.2 Å². The second kappa shape index (κ2) is 11.7. The molecule has 3 aliphatic heterocycles. The number of hydrogen-bond acceptors (Lipinski definition) is 14. The topological polar surface area (TPSA) is 225 Å². The number of carbonyl (C=O) groups is 1. The molecule has 41 heavy (non-hydrogen) atoms. The number of ether oxygens (including phenoxy) is 5. The maximum absolute atomic E-state index is 12.9. The Bertz CT molecular complexity index is 1240. The van der Waals surface area contributed by atoms with E-state index in [-0.39, 0.29) is 29.2 Å². The van der Waals surface area contributed by atoms with Crippen LogP contribution in [0.2, 0.25) is 0 Å². The van der Waals surface area contributed by atoms with E-state index in [9.17, 15) is 45.6 Å². The van der Waals surface area contributed by atoms with Gasteiger partial charge in [-0.3, -0.25) is 4.79 Å². The number of hydrogen-bond donors (Lipinski definition) is 8. The molecule has 224 valence electrons. The summed E-state index contributed by atoms with van der Waals surface area (Å²) in [7, 11) is 0. The summed E-state index contributed by atoms with van der Waals surface area (Å²) in [4.78, 5) is 12.9. The molecular formula is C27H32O14. The third-order valence-corrected chi connectivity index (χ3v) is 7.42. The van der Waals surface area contributed by atoms with Crippen LogP contribution in [0.4, 0.5) is 0 Å². The van der Waals surface area contributed by atoms with Crippen LogP contribution in [0.25, 0.3) is 0 Å². The Hall–Kier alpha value is -3.05. The molecule has 11 atom stereocenters. The van der Waals surface area contributed by atoms with Gasteiger partial charge in [-0.1, -0.05) is 12.1 Å². The Morgan fingerprint density at radius 3 is 2.27 bits per heavy atom. The molecule has 14 heteroatoms. The first-order valence-corrected chi connectivity index (χ1v) is 13.0. The molecule has 2 saturated heterocycles. The smallest absolute Gasteiger partial charge is 0.229 e. The van der Waals surface area contributed by atoms with Crippen LogP contribution in [0, 0.1) is 0 Å². The fourth-order valence-electron chi connectivity index (χ4n) is 5.07. The monoisotopic (exact) mass is 580 g/mol. The number of rotatable bonds is 6. The fourth-order valence-corrected chi connectivity index (χ4v) is 5.07. The Morgan fingerprint density at radius 1 is 0.878 bits per heavy atom. The van der Waals surface area contributed by atoms with Crippen LogP contribution in [0.15, 0.2) is 36.4 Å². The van der Waals surface area contributed by atoms with Gasteiger partial charge in [0.25, 0.3) is 0 Å². The number of benzene rings is 2. The molecular weight excluding hydrogens is 548 g/mol. The number of aromatic hydroxyl groups is 2. The zero-order valence-electron chi connectivity index (χ0n) is 21.8. The average Bonchev–Trinajstić information content (AvgIpc) is 2.94. The third-order valence-electron chi connectivity index (χ3n) is 7.42. The SMILES string of the molecule is C[C@@H]1O[C@H](O[C@H]2[C@H](Oc3cc(O)c4c(c3)O[C@H](c3ccc(O)cc3)CC4=O)O[C@@H](CO)[C@@H](O)[C@@H]2O)[C@H](O)[C@@H](O)[C@H]1O. The molecule has 5 rings (SSSR count). The quantitative estimate of drug-likeness (QED) is 0.202. The van der Waals surface area contributed by atoms with Crippen LogP contribution in [0.5, 0.6) is 23.0 Å². The van der Waals surface area contributed by atoms with Gasteiger partial charge in [0.05, 0.1) is 19.1 Å². The molecule has 14 nitrogen and oxygen atoms in total. The van der Waals surface area contributed by atoms with Gasteiger partial charge in [0.2, 0.25) is 6.29 Å². The first-order chi connectivity index (χ1) is 19.5. The Labute approximate surface area is 233 Å². The molecule has 0 unspecified atom stereocenters. The van der Waals surface area contributed by atoms with E-state index in [1.165, 1.54) is 25.1 Å². The molecule has 0 aromatic heterocycles. The fraction of sp³-hybridized carbons (Fsp3) is 0.519. The van der Waals surface area contributed by atoms with Crippen molar-refractivity contribution in [1.82, 2.24) is 0 Å². The van der Waals surface area contributed by atoms with E-state index >= 15 is 0 Å². The van der Waals surface area contributed by atoms with Crippen LogP contribution >= 0.6 is 0 Å². The number of phenolic OH excluding ortho intramolecular Hbond substituents is 2. The van der Waals surface area contributed by atoms with Crippen molar-refractivity contribution in [3.63, 3.8) is 0 Å². The molecule has 2 aromatic rings. The van der Waals surface area contributed by atoms with Gasteiger partial charge in [0.1, 0.15) is 71.3 Å². The zero-order valence-corrected chi connectivity index (χ0v) is 21.8. The van der Waals surface area contributed by atoms with E-state index in [0.29, 0.717) is 5.56 Å². The van der Waals surface area contributed by atoms with Crippen LogP contribution in [-0.4, -0.2) is 115 Å². The summed E-state index contributed by atoms with van der Waals surface area (Å²) in [6, 6.07) is 8.50. The van der Waals surface area contributed by atoms with E-state index in [2.05, 4.69) is 0 Å². The Balaban J connectivity index is 1.41. The summed E-state index contributed by atoms with van der Waals surface area (Å²) >= 11 is 0. The summed E-state index contributed by atoms with van der Waals surface area (Å²) in [5, 5.41) is 81.6. The second-order valence-electron chi connectivity index (χ2n) is 10.2. The number of ketones is 1. The lowest BCUT2D eigenvalue weighted by Crippen LogP contribution is -2.64. The average molecular weight is 581 g/mol. The number of Topliss-reactive ketones (excluding diaryl/α,β-unsaturated/α-hetero) is 1. The molecule has 0 saturated carbocycles. The number of phenols is 2. The molecule has 0 aliphatic carbocycles. The van der Waals surface area contributed by atoms with Gasteiger partial charge < -0.3 is 64.5 Å². The predicted octanol–water partition coefficient (Wildman–Crippen LogP) is -1.17. The van der Waals surface area contributed by atoms with Gasteiger partial charge in [0, 0.05) is 12.1 Å². The number of aliphatic hydroxyl groups is 6. The number of aliphatic hydroxyl groups excluding tert-OH is 6. The first-order valence-electron chi connectivity index (χ1n) is 13.0. The van der Waals surface area contributed by atoms with Gasteiger partial charge >= 0.3 is 0 Å². The maximum atomic E-state index is 12.9. The normalized spacial score (nSPS) is 37.2. The van der Waals surface area contributed by atoms with Crippen molar-refractivity contribution in [3.8, 4) is 23.0 Å². The summed E-state index contributed by atoms with van der Waals surface area (Å²) in [6.45, 7) is 0.716. The highest BCUT2D eigenvalue weighted by Gasteiger charge is 2.51. The minimum Gasteiger partial charge on any atom is -0.508 e. The van der Waals surface area contributed by atoms with Crippen LogP contribution in [0.3, 0.4) is 0 Å². The first kappa shape index (κ1) is 29.4. The minimum absolute atomic E-state index is 0.0149. The highest BCUT2D eigenvalue weighted by atomic mass is 16.8.